The Bertz CT molecular complexity index is 307. The molecule has 35 heavy (non-hydrogen) atoms. The molecule has 0 saturated heterocycles. The zero-order valence-electron chi connectivity index (χ0n) is 25.0. The Morgan fingerprint density at radius 1 is 0.257 bits per heavy atom. The van der Waals surface area contributed by atoms with Crippen LogP contribution in [-0.4, -0.2) is 13.2 Å². The summed E-state index contributed by atoms with van der Waals surface area (Å²) in [5, 5.41) is 0. The van der Waals surface area contributed by atoms with Crippen LogP contribution in [0.5, 0.6) is 0 Å². The molecule has 0 bridgehead atoms. The quantitative estimate of drug-likeness (QED) is 0.0844. The van der Waals surface area contributed by atoms with Crippen LogP contribution in [-0.2, 0) is 4.74 Å². The standard InChI is InChI=1S/C34H70O/c1-3-5-6-7-8-9-10-11-12-13-14-15-16-17-18-19-20-21-22-23-24-25-26-27-28-29-30-31-32-33-34-35-4-2/h3-34H2,1-2H3. The largest absolute Gasteiger partial charge is 0.382 e. The summed E-state index contributed by atoms with van der Waals surface area (Å²) in [6, 6.07) is 0. The second kappa shape index (κ2) is 34.0. The summed E-state index contributed by atoms with van der Waals surface area (Å²) in [5.74, 6) is 0. The summed E-state index contributed by atoms with van der Waals surface area (Å²) in [7, 11) is 0. The average Bonchev–Trinajstić information content (AvgIpc) is 2.87. The molecule has 0 spiro atoms. The fourth-order valence-electron chi connectivity index (χ4n) is 5.37. The molecular formula is C34H70O. The van der Waals surface area contributed by atoms with Crippen LogP contribution in [0.2, 0.25) is 0 Å². The maximum atomic E-state index is 5.40. The van der Waals surface area contributed by atoms with Gasteiger partial charge >= 0.3 is 0 Å². The first-order chi connectivity index (χ1) is 17.4. The summed E-state index contributed by atoms with van der Waals surface area (Å²) in [6.45, 7) is 6.23. The van der Waals surface area contributed by atoms with E-state index in [0.717, 1.165) is 13.2 Å². The second-order valence-electron chi connectivity index (χ2n) is 11.4. The Morgan fingerprint density at radius 2 is 0.457 bits per heavy atom. The lowest BCUT2D eigenvalue weighted by atomic mass is 10.0. The molecule has 0 N–H and O–H groups in total. The van der Waals surface area contributed by atoms with Crippen LogP contribution < -0.4 is 0 Å². The van der Waals surface area contributed by atoms with E-state index in [9.17, 15) is 0 Å². The van der Waals surface area contributed by atoms with E-state index in [1.807, 2.05) is 0 Å². The van der Waals surface area contributed by atoms with E-state index in [0.29, 0.717) is 0 Å². The van der Waals surface area contributed by atoms with Crippen LogP contribution in [0, 0.1) is 0 Å². The van der Waals surface area contributed by atoms with Gasteiger partial charge in [-0.1, -0.05) is 193 Å². The summed E-state index contributed by atoms with van der Waals surface area (Å²) in [5.41, 5.74) is 0. The Balaban J connectivity index is 3.00. The van der Waals surface area contributed by atoms with E-state index in [2.05, 4.69) is 13.8 Å². The van der Waals surface area contributed by atoms with Crippen LogP contribution in [0.15, 0.2) is 0 Å². The van der Waals surface area contributed by atoms with Gasteiger partial charge in [0.1, 0.15) is 0 Å². The smallest absolute Gasteiger partial charge is 0.0465 e. The van der Waals surface area contributed by atoms with Crippen molar-refractivity contribution in [1.29, 1.82) is 0 Å². The van der Waals surface area contributed by atoms with Gasteiger partial charge in [0.15, 0.2) is 0 Å². The minimum Gasteiger partial charge on any atom is -0.382 e. The highest BCUT2D eigenvalue weighted by molar-refractivity contribution is 4.52. The second-order valence-corrected chi connectivity index (χ2v) is 11.4. The number of rotatable bonds is 32. The minimum absolute atomic E-state index is 0.875. The van der Waals surface area contributed by atoms with Crippen molar-refractivity contribution in [2.24, 2.45) is 0 Å². The fraction of sp³-hybridized carbons (Fsp3) is 1.00. The highest BCUT2D eigenvalue weighted by Gasteiger charge is 1.97. The van der Waals surface area contributed by atoms with Crippen LogP contribution in [0.3, 0.4) is 0 Å². The summed E-state index contributed by atoms with van der Waals surface area (Å²) in [4.78, 5) is 0. The zero-order valence-corrected chi connectivity index (χ0v) is 25.0. The van der Waals surface area contributed by atoms with E-state index in [4.69, 9.17) is 4.74 Å². The topological polar surface area (TPSA) is 9.23 Å². The van der Waals surface area contributed by atoms with Crippen molar-refractivity contribution in [3.8, 4) is 0 Å². The molecule has 212 valence electrons. The third-order valence-electron chi connectivity index (χ3n) is 7.85. The Hall–Kier alpha value is -0.0400. The highest BCUT2D eigenvalue weighted by Crippen LogP contribution is 2.16. The van der Waals surface area contributed by atoms with Gasteiger partial charge in [-0.15, -0.1) is 0 Å². The minimum atomic E-state index is 0.875. The van der Waals surface area contributed by atoms with Gasteiger partial charge in [-0.25, -0.2) is 0 Å². The number of hydrogen-bond donors (Lipinski definition) is 0. The van der Waals surface area contributed by atoms with Crippen molar-refractivity contribution >= 4 is 0 Å². The Labute approximate surface area is 224 Å². The van der Waals surface area contributed by atoms with Crippen LogP contribution in [0.25, 0.3) is 0 Å². The molecule has 0 aromatic carbocycles. The molecule has 1 heteroatoms. The molecule has 0 rings (SSSR count). The van der Waals surface area contributed by atoms with E-state index in [-0.39, 0.29) is 0 Å². The normalized spacial score (nSPS) is 11.5. The number of unbranched alkanes of at least 4 members (excludes halogenated alkanes) is 29. The van der Waals surface area contributed by atoms with Crippen molar-refractivity contribution in [3.05, 3.63) is 0 Å². The highest BCUT2D eigenvalue weighted by atomic mass is 16.5. The molecule has 0 aromatic rings. The Morgan fingerprint density at radius 3 is 0.657 bits per heavy atom. The van der Waals surface area contributed by atoms with Gasteiger partial charge in [-0.3, -0.25) is 0 Å². The molecule has 0 aliphatic heterocycles. The first-order valence-electron chi connectivity index (χ1n) is 17.0. The molecular weight excluding hydrogens is 424 g/mol. The molecule has 0 aliphatic rings. The zero-order chi connectivity index (χ0) is 25.3. The molecule has 0 aliphatic carbocycles. The lowest BCUT2D eigenvalue weighted by Crippen LogP contribution is -1.92. The van der Waals surface area contributed by atoms with E-state index in [1.54, 1.807) is 0 Å². The molecule has 1 nitrogen and oxygen atoms in total. The molecule has 0 fully saturated rings. The summed E-state index contributed by atoms with van der Waals surface area (Å²) < 4.78 is 5.40. The molecule has 0 heterocycles. The van der Waals surface area contributed by atoms with Crippen LogP contribution >= 0.6 is 0 Å². The first kappa shape index (κ1) is 35.0. The summed E-state index contributed by atoms with van der Waals surface area (Å²) in [6.07, 6.45) is 43.9. The molecule has 0 aromatic heterocycles. The van der Waals surface area contributed by atoms with Crippen molar-refractivity contribution in [1.82, 2.24) is 0 Å². The SMILES string of the molecule is CCCCCCCCCCCCCCCCCCCCCCCCCCCCCCCCOCC. The van der Waals surface area contributed by atoms with Gasteiger partial charge in [0.2, 0.25) is 0 Å². The maximum Gasteiger partial charge on any atom is 0.0465 e. The predicted octanol–water partition coefficient (Wildman–Crippen LogP) is 12.7. The molecule has 0 amide bonds. The van der Waals surface area contributed by atoms with Gasteiger partial charge < -0.3 is 4.74 Å². The van der Waals surface area contributed by atoms with Crippen molar-refractivity contribution in [2.45, 2.75) is 206 Å². The monoisotopic (exact) mass is 495 g/mol. The van der Waals surface area contributed by atoms with Crippen LogP contribution in [0.4, 0.5) is 0 Å². The lowest BCUT2D eigenvalue weighted by molar-refractivity contribution is 0.143. The molecule has 0 radical (unpaired) electrons. The third-order valence-corrected chi connectivity index (χ3v) is 7.85. The number of hydrogen-bond acceptors (Lipinski definition) is 1. The first-order valence-corrected chi connectivity index (χ1v) is 17.0. The van der Waals surface area contributed by atoms with Crippen molar-refractivity contribution in [3.63, 3.8) is 0 Å². The van der Waals surface area contributed by atoms with Gasteiger partial charge in [0.25, 0.3) is 0 Å². The molecule has 0 unspecified atom stereocenters. The molecule has 0 saturated carbocycles. The predicted molar refractivity (Wildman–Crippen MR) is 161 cm³/mol. The van der Waals surface area contributed by atoms with E-state index >= 15 is 0 Å². The van der Waals surface area contributed by atoms with E-state index < -0.39 is 0 Å². The van der Waals surface area contributed by atoms with Gasteiger partial charge in [0.05, 0.1) is 0 Å². The van der Waals surface area contributed by atoms with Gasteiger partial charge in [-0.2, -0.15) is 0 Å². The average molecular weight is 495 g/mol. The van der Waals surface area contributed by atoms with Crippen molar-refractivity contribution < 1.29 is 4.74 Å². The third kappa shape index (κ3) is 34.0. The van der Waals surface area contributed by atoms with Crippen molar-refractivity contribution in [2.75, 3.05) is 13.2 Å². The van der Waals surface area contributed by atoms with Gasteiger partial charge in [0, 0.05) is 13.2 Å². The fourth-order valence-corrected chi connectivity index (χ4v) is 5.37. The van der Waals surface area contributed by atoms with Crippen LogP contribution in [0.1, 0.15) is 206 Å². The van der Waals surface area contributed by atoms with Gasteiger partial charge in [-0.05, 0) is 13.3 Å². The van der Waals surface area contributed by atoms with E-state index in [1.165, 1.54) is 193 Å². The number of ether oxygens (including phenoxy) is 1. The molecule has 0 atom stereocenters. The maximum absolute atomic E-state index is 5.40. The lowest BCUT2D eigenvalue weighted by Gasteiger charge is -2.05. The summed E-state index contributed by atoms with van der Waals surface area (Å²) >= 11 is 0. The Kier molecular flexibility index (Phi) is 33.9.